The third-order valence-corrected chi connectivity index (χ3v) is 4.95. The number of methoxy groups -OCH3 is 1. The smallest absolute Gasteiger partial charge is 0.339 e. The predicted octanol–water partition coefficient (Wildman–Crippen LogP) is 1.84. The van der Waals surface area contributed by atoms with E-state index >= 15 is 0 Å². The van der Waals surface area contributed by atoms with Crippen molar-refractivity contribution in [2.75, 3.05) is 32.1 Å². The number of rotatable bonds is 9. The molecule has 0 aliphatic rings. The van der Waals surface area contributed by atoms with Gasteiger partial charge in [-0.05, 0) is 44.4 Å². The Kier molecular flexibility index (Phi) is 7.73. The van der Waals surface area contributed by atoms with E-state index in [2.05, 4.69) is 10.3 Å². The van der Waals surface area contributed by atoms with Crippen LogP contribution in [0.4, 0.5) is 5.69 Å². The summed E-state index contributed by atoms with van der Waals surface area (Å²) in [5.41, 5.74) is 3.74. The third kappa shape index (κ3) is 5.54. The Bertz CT molecular complexity index is 901. The van der Waals surface area contributed by atoms with Crippen LogP contribution in [0.1, 0.15) is 51.0 Å². The number of H-pyrrole nitrogens is 1. The fourth-order valence-electron chi connectivity index (χ4n) is 3.48. The maximum Gasteiger partial charge on any atom is 0.339 e. The second kappa shape index (κ2) is 10.0. The van der Waals surface area contributed by atoms with Crippen LogP contribution < -0.4 is 10.2 Å². The number of carbonyl (C=O) groups is 3. The summed E-state index contributed by atoms with van der Waals surface area (Å²) in [4.78, 5) is 41.2. The van der Waals surface area contributed by atoms with Crippen LogP contribution in [0.2, 0.25) is 0 Å². The Morgan fingerprint density at radius 3 is 2.41 bits per heavy atom. The number of benzene rings is 1. The fraction of sp³-hybridized carbons (Fsp3) is 0.409. The minimum Gasteiger partial charge on any atom is -0.465 e. The highest BCUT2D eigenvalue weighted by molar-refractivity contribution is 6.02. The molecule has 1 aromatic heterocycles. The van der Waals surface area contributed by atoms with E-state index < -0.39 is 5.97 Å². The number of aromatic nitrogens is 1. The van der Waals surface area contributed by atoms with Crippen LogP contribution in [0.3, 0.4) is 0 Å². The maximum atomic E-state index is 12.9. The van der Waals surface area contributed by atoms with Gasteiger partial charge >= 0.3 is 5.97 Å². The van der Waals surface area contributed by atoms with Gasteiger partial charge in [0.15, 0.2) is 6.54 Å². The van der Waals surface area contributed by atoms with Gasteiger partial charge in [0, 0.05) is 11.4 Å². The van der Waals surface area contributed by atoms with Gasteiger partial charge < -0.3 is 19.9 Å². The zero-order valence-electron chi connectivity index (χ0n) is 17.8. The average Bonchev–Trinajstić information content (AvgIpc) is 2.97. The number of carbonyl (C=O) groups excluding carboxylic acids is 3. The van der Waals surface area contributed by atoms with E-state index in [1.807, 2.05) is 38.1 Å². The van der Waals surface area contributed by atoms with Crippen molar-refractivity contribution in [1.82, 2.24) is 4.98 Å². The molecule has 156 valence electrons. The molecule has 1 amide bonds. The summed E-state index contributed by atoms with van der Waals surface area (Å²) in [6.45, 7) is 8.46. The van der Waals surface area contributed by atoms with Gasteiger partial charge in [0.2, 0.25) is 5.78 Å². The molecular weight excluding hydrogens is 370 g/mol. The van der Waals surface area contributed by atoms with Crippen LogP contribution in [0, 0.1) is 20.8 Å². The standard InChI is InChI=1S/C22H29N3O4/c1-6-11-25(13-19(27)24-17-10-8-7-9-14(17)2)12-18(26)21-15(3)20(16(4)23-21)22(28)29-5/h7-10,23H,6,11-13H2,1-5H3,(H,24,27)/p+1. The summed E-state index contributed by atoms with van der Waals surface area (Å²) in [6, 6.07) is 7.59. The number of nitrogens with one attached hydrogen (secondary N) is 3. The number of hydrogen-bond acceptors (Lipinski definition) is 4. The van der Waals surface area contributed by atoms with Crippen molar-refractivity contribution in [3.8, 4) is 0 Å². The monoisotopic (exact) mass is 400 g/mol. The van der Waals surface area contributed by atoms with Crippen molar-refractivity contribution in [3.63, 3.8) is 0 Å². The lowest BCUT2D eigenvalue weighted by atomic mass is 10.1. The largest absolute Gasteiger partial charge is 0.465 e. The van der Waals surface area contributed by atoms with Crippen molar-refractivity contribution in [1.29, 1.82) is 0 Å². The van der Waals surface area contributed by atoms with Gasteiger partial charge in [-0.15, -0.1) is 0 Å². The Morgan fingerprint density at radius 2 is 1.79 bits per heavy atom. The number of amides is 1. The summed E-state index contributed by atoms with van der Waals surface area (Å²) >= 11 is 0. The second-order valence-electron chi connectivity index (χ2n) is 7.26. The van der Waals surface area contributed by atoms with Crippen LogP contribution in [0.25, 0.3) is 0 Å². The summed E-state index contributed by atoms with van der Waals surface area (Å²) in [7, 11) is 1.32. The highest BCUT2D eigenvalue weighted by atomic mass is 16.5. The molecule has 29 heavy (non-hydrogen) atoms. The van der Waals surface area contributed by atoms with E-state index in [9.17, 15) is 14.4 Å². The van der Waals surface area contributed by atoms with Crippen LogP contribution >= 0.6 is 0 Å². The lowest BCUT2D eigenvalue weighted by Crippen LogP contribution is -3.14. The van der Waals surface area contributed by atoms with Crippen molar-refractivity contribution < 1.29 is 24.0 Å². The molecular formula is C22H30N3O4+. The minimum absolute atomic E-state index is 0.132. The SMILES string of the molecule is CCC[NH+](CC(=O)Nc1ccccc1C)CC(=O)c1[nH]c(C)c(C(=O)OC)c1C. The highest BCUT2D eigenvalue weighted by Crippen LogP contribution is 2.19. The van der Waals surface area contributed by atoms with Crippen molar-refractivity contribution in [2.24, 2.45) is 0 Å². The van der Waals surface area contributed by atoms with Gasteiger partial charge in [-0.2, -0.15) is 0 Å². The molecule has 0 spiro atoms. The number of para-hydroxylation sites is 1. The van der Waals surface area contributed by atoms with E-state index in [1.165, 1.54) is 7.11 Å². The van der Waals surface area contributed by atoms with Crippen molar-refractivity contribution >= 4 is 23.3 Å². The number of ketones is 1. The molecule has 0 aliphatic carbocycles. The van der Waals surface area contributed by atoms with Gasteiger partial charge in [0.1, 0.15) is 6.54 Å². The first-order valence-corrected chi connectivity index (χ1v) is 9.78. The zero-order chi connectivity index (χ0) is 21.6. The van der Waals surface area contributed by atoms with Crippen molar-refractivity contribution in [2.45, 2.75) is 34.1 Å². The summed E-state index contributed by atoms with van der Waals surface area (Å²) in [6.07, 6.45) is 0.844. The number of Topliss-reactive ketones (excluding diaryl/α,β-unsaturated/α-hetero) is 1. The molecule has 0 fully saturated rings. The first-order valence-electron chi connectivity index (χ1n) is 9.78. The molecule has 1 heterocycles. The molecule has 2 rings (SSSR count). The first kappa shape index (κ1) is 22.4. The number of anilines is 1. The number of hydrogen-bond donors (Lipinski definition) is 3. The van der Waals surface area contributed by atoms with Gasteiger partial charge in [0.05, 0.1) is 24.9 Å². The zero-order valence-corrected chi connectivity index (χ0v) is 17.8. The molecule has 1 aromatic carbocycles. The molecule has 1 atom stereocenters. The molecule has 0 bridgehead atoms. The highest BCUT2D eigenvalue weighted by Gasteiger charge is 2.25. The molecule has 0 saturated heterocycles. The molecule has 0 saturated carbocycles. The molecule has 0 radical (unpaired) electrons. The number of quaternary nitrogens is 1. The Hall–Kier alpha value is -2.93. The second-order valence-corrected chi connectivity index (χ2v) is 7.26. The van der Waals surface area contributed by atoms with E-state index in [1.54, 1.807) is 13.8 Å². The van der Waals surface area contributed by atoms with Crippen LogP contribution in [-0.2, 0) is 9.53 Å². The van der Waals surface area contributed by atoms with E-state index in [4.69, 9.17) is 4.74 Å². The Labute approximate surface area is 171 Å². The average molecular weight is 400 g/mol. The van der Waals surface area contributed by atoms with Crippen LogP contribution in [0.5, 0.6) is 0 Å². The van der Waals surface area contributed by atoms with Crippen LogP contribution in [-0.4, -0.2) is 49.4 Å². The van der Waals surface area contributed by atoms with Crippen LogP contribution in [0.15, 0.2) is 24.3 Å². The molecule has 7 nitrogen and oxygen atoms in total. The lowest BCUT2D eigenvalue weighted by Gasteiger charge is -2.18. The quantitative estimate of drug-likeness (QED) is 0.442. The van der Waals surface area contributed by atoms with E-state index in [0.29, 0.717) is 29.1 Å². The Balaban J connectivity index is 2.10. The molecule has 0 aliphatic heterocycles. The molecule has 1 unspecified atom stereocenters. The molecule has 7 heteroatoms. The molecule has 2 aromatic rings. The predicted molar refractivity (Wildman–Crippen MR) is 112 cm³/mol. The fourth-order valence-corrected chi connectivity index (χ4v) is 3.48. The normalized spacial score (nSPS) is 11.8. The van der Waals surface area contributed by atoms with Gasteiger partial charge in [-0.3, -0.25) is 9.59 Å². The minimum atomic E-state index is -0.467. The lowest BCUT2D eigenvalue weighted by molar-refractivity contribution is -0.883. The summed E-state index contributed by atoms with van der Waals surface area (Å²) in [5, 5.41) is 2.92. The first-order chi connectivity index (χ1) is 13.8. The van der Waals surface area contributed by atoms with E-state index in [0.717, 1.165) is 22.6 Å². The van der Waals surface area contributed by atoms with E-state index in [-0.39, 0.29) is 24.8 Å². The van der Waals surface area contributed by atoms with Crippen molar-refractivity contribution in [3.05, 3.63) is 52.3 Å². The topological polar surface area (TPSA) is 92.7 Å². The number of aromatic amines is 1. The number of esters is 1. The molecule has 3 N–H and O–H groups in total. The number of aryl methyl sites for hydroxylation is 2. The van der Waals surface area contributed by atoms with Gasteiger partial charge in [-0.25, -0.2) is 4.79 Å². The number of ether oxygens (including phenoxy) is 1. The maximum absolute atomic E-state index is 12.9. The van der Waals surface area contributed by atoms with Gasteiger partial charge in [0.25, 0.3) is 5.91 Å². The summed E-state index contributed by atoms with van der Waals surface area (Å²) < 4.78 is 4.80. The van der Waals surface area contributed by atoms with Gasteiger partial charge in [-0.1, -0.05) is 25.1 Å². The third-order valence-electron chi connectivity index (χ3n) is 4.95. The Morgan fingerprint density at radius 1 is 1.10 bits per heavy atom. The summed E-state index contributed by atoms with van der Waals surface area (Å²) in [5.74, 6) is -0.733.